The highest BCUT2D eigenvalue weighted by molar-refractivity contribution is 5.92. The molecule has 1 aliphatic rings. The van der Waals surface area contributed by atoms with Crippen molar-refractivity contribution < 1.29 is 9.21 Å². The van der Waals surface area contributed by atoms with E-state index in [0.717, 1.165) is 18.4 Å². The molecule has 2 aromatic carbocycles. The third-order valence-corrected chi connectivity index (χ3v) is 5.79. The molecule has 7 nitrogen and oxygen atoms in total. The summed E-state index contributed by atoms with van der Waals surface area (Å²) < 4.78 is 5.66. The Balaban J connectivity index is 1.43. The second-order valence-electron chi connectivity index (χ2n) is 7.84. The molecule has 1 fully saturated rings. The van der Waals surface area contributed by atoms with Crippen molar-refractivity contribution >= 4 is 28.8 Å². The third kappa shape index (κ3) is 3.78. The van der Waals surface area contributed by atoms with E-state index in [4.69, 9.17) is 10.2 Å². The molecular formula is C22H27N5O2. The number of carbonyl (C=O) groups excluding carboxylic acids is 1. The lowest BCUT2D eigenvalue weighted by atomic mass is 9.73. The summed E-state index contributed by atoms with van der Waals surface area (Å²) >= 11 is 0. The fraction of sp³-hybridized carbons (Fsp3) is 0.364. The Morgan fingerprint density at radius 2 is 1.93 bits per heavy atom. The number of nitrogens with zero attached hydrogens (tertiary/aromatic N) is 3. The van der Waals surface area contributed by atoms with Crippen LogP contribution in [-0.4, -0.2) is 49.6 Å². The molecule has 7 heteroatoms. The van der Waals surface area contributed by atoms with Crippen molar-refractivity contribution in [1.29, 1.82) is 0 Å². The smallest absolute Gasteiger partial charge is 0.321 e. The van der Waals surface area contributed by atoms with Crippen LogP contribution in [0.3, 0.4) is 0 Å². The minimum atomic E-state index is -0.0978. The van der Waals surface area contributed by atoms with Gasteiger partial charge in [0.15, 0.2) is 5.58 Å². The summed E-state index contributed by atoms with van der Waals surface area (Å²) in [6.07, 6.45) is 1.71. The van der Waals surface area contributed by atoms with Gasteiger partial charge in [-0.1, -0.05) is 30.3 Å². The maximum absolute atomic E-state index is 12.8. The molecule has 0 atom stereocenters. The van der Waals surface area contributed by atoms with E-state index in [1.54, 1.807) is 0 Å². The van der Waals surface area contributed by atoms with Crippen molar-refractivity contribution in [2.75, 3.05) is 43.9 Å². The molecule has 2 heterocycles. The number of nitrogens with two attached hydrogens (primary N) is 1. The van der Waals surface area contributed by atoms with Crippen molar-refractivity contribution in [3.8, 4) is 0 Å². The maximum atomic E-state index is 12.8. The van der Waals surface area contributed by atoms with Crippen LogP contribution in [0.25, 0.3) is 11.1 Å². The van der Waals surface area contributed by atoms with Crippen LogP contribution in [0.1, 0.15) is 18.4 Å². The highest BCUT2D eigenvalue weighted by Crippen LogP contribution is 2.34. The van der Waals surface area contributed by atoms with E-state index < -0.39 is 0 Å². The number of aromatic nitrogens is 1. The van der Waals surface area contributed by atoms with Crippen LogP contribution in [0.5, 0.6) is 0 Å². The van der Waals surface area contributed by atoms with Crippen LogP contribution in [-0.2, 0) is 5.41 Å². The van der Waals surface area contributed by atoms with Crippen molar-refractivity contribution in [3.05, 3.63) is 54.1 Å². The van der Waals surface area contributed by atoms with Gasteiger partial charge in [-0.25, -0.2) is 4.79 Å². The predicted molar refractivity (Wildman–Crippen MR) is 115 cm³/mol. The summed E-state index contributed by atoms with van der Waals surface area (Å²) in [5, 5.41) is 2.99. The highest BCUT2D eigenvalue weighted by Gasteiger charge is 2.36. The van der Waals surface area contributed by atoms with Crippen molar-refractivity contribution in [3.63, 3.8) is 0 Å². The van der Waals surface area contributed by atoms with E-state index in [-0.39, 0.29) is 11.4 Å². The molecule has 4 rings (SSSR count). The molecule has 1 saturated heterocycles. The second kappa shape index (κ2) is 7.75. The summed E-state index contributed by atoms with van der Waals surface area (Å²) in [4.78, 5) is 20.9. The van der Waals surface area contributed by atoms with Gasteiger partial charge < -0.3 is 25.3 Å². The summed E-state index contributed by atoms with van der Waals surface area (Å²) in [5.74, 6) is 0. The number of carbonyl (C=O) groups is 1. The topological polar surface area (TPSA) is 87.6 Å². The lowest BCUT2D eigenvalue weighted by Crippen LogP contribution is -2.49. The number of anilines is 2. The normalized spacial score (nSPS) is 16.0. The van der Waals surface area contributed by atoms with Gasteiger partial charge in [0.1, 0.15) is 5.52 Å². The number of likely N-dealkylation sites (tertiary alicyclic amines) is 1. The lowest BCUT2D eigenvalue weighted by Gasteiger charge is -2.41. The van der Waals surface area contributed by atoms with Crippen molar-refractivity contribution in [2.45, 2.75) is 18.3 Å². The fourth-order valence-corrected chi connectivity index (χ4v) is 3.93. The summed E-state index contributed by atoms with van der Waals surface area (Å²) in [7, 11) is 3.75. The van der Waals surface area contributed by atoms with Crippen LogP contribution >= 0.6 is 0 Å². The number of urea groups is 1. The van der Waals surface area contributed by atoms with Crippen LogP contribution in [0.2, 0.25) is 0 Å². The Kier molecular flexibility index (Phi) is 5.15. The number of nitrogens with one attached hydrogen (secondary N) is 1. The first-order valence-electron chi connectivity index (χ1n) is 9.90. The number of oxazole rings is 1. The number of hydrogen-bond acceptors (Lipinski definition) is 5. The molecule has 3 N–H and O–H groups in total. The van der Waals surface area contributed by atoms with Gasteiger partial charge in [-0.05, 0) is 36.6 Å². The molecule has 0 spiro atoms. The molecule has 1 aromatic heterocycles. The van der Waals surface area contributed by atoms with Gasteiger partial charge in [0.2, 0.25) is 0 Å². The molecule has 0 radical (unpaired) electrons. The quantitative estimate of drug-likeness (QED) is 0.709. The van der Waals surface area contributed by atoms with Gasteiger partial charge in [-0.3, -0.25) is 0 Å². The lowest BCUT2D eigenvalue weighted by molar-refractivity contribution is 0.170. The molecule has 0 saturated carbocycles. The van der Waals surface area contributed by atoms with E-state index in [1.165, 1.54) is 5.56 Å². The van der Waals surface area contributed by atoms with Crippen LogP contribution < -0.4 is 16.0 Å². The summed E-state index contributed by atoms with van der Waals surface area (Å²) in [6, 6.07) is 16.3. The average molecular weight is 393 g/mol. The van der Waals surface area contributed by atoms with Gasteiger partial charge in [0, 0.05) is 44.8 Å². The number of rotatable bonds is 4. The Morgan fingerprint density at radius 1 is 1.21 bits per heavy atom. The number of piperidine rings is 1. The molecular weight excluding hydrogens is 366 g/mol. The first kappa shape index (κ1) is 19.3. The van der Waals surface area contributed by atoms with E-state index in [1.807, 2.05) is 60.3 Å². The first-order chi connectivity index (χ1) is 14.0. The largest absolute Gasteiger partial charge is 0.423 e. The molecule has 152 valence electrons. The molecule has 3 aromatic rings. The monoisotopic (exact) mass is 393 g/mol. The molecule has 0 bridgehead atoms. The van der Waals surface area contributed by atoms with Gasteiger partial charge in [-0.15, -0.1) is 0 Å². The number of fused-ring (bicyclic) bond motifs is 1. The van der Waals surface area contributed by atoms with Gasteiger partial charge in [-0.2, -0.15) is 4.98 Å². The minimum absolute atomic E-state index is 0.0553. The zero-order chi connectivity index (χ0) is 20.4. The Hall–Kier alpha value is -3.06. The van der Waals surface area contributed by atoms with Gasteiger partial charge in [0.05, 0.1) is 0 Å². The minimum Gasteiger partial charge on any atom is -0.423 e. The standard InChI is InChI=1S/C22H27N5O2/c1-26(2)21-25-18-14-17(8-9-19(18)29-21)24-20(28)27-12-10-22(15-23,11-13-27)16-6-4-3-5-7-16/h3-9,14H,10-13,15,23H2,1-2H3,(H,24,28). The van der Waals surface area contributed by atoms with E-state index in [9.17, 15) is 4.79 Å². The Morgan fingerprint density at radius 3 is 2.59 bits per heavy atom. The fourth-order valence-electron chi connectivity index (χ4n) is 3.93. The summed E-state index contributed by atoms with van der Waals surface area (Å²) in [6.45, 7) is 1.94. The number of amides is 2. The van der Waals surface area contributed by atoms with Crippen molar-refractivity contribution in [1.82, 2.24) is 9.88 Å². The van der Waals surface area contributed by atoms with Gasteiger partial charge in [0.25, 0.3) is 6.01 Å². The van der Waals surface area contributed by atoms with Crippen LogP contribution in [0, 0.1) is 0 Å². The molecule has 2 amide bonds. The zero-order valence-electron chi connectivity index (χ0n) is 16.9. The predicted octanol–water partition coefficient (Wildman–Crippen LogP) is 3.42. The second-order valence-corrected chi connectivity index (χ2v) is 7.84. The van der Waals surface area contributed by atoms with Crippen LogP contribution in [0.4, 0.5) is 16.5 Å². The molecule has 1 aliphatic heterocycles. The molecule has 0 aliphatic carbocycles. The van der Waals surface area contributed by atoms with E-state index in [0.29, 0.717) is 36.9 Å². The van der Waals surface area contributed by atoms with E-state index >= 15 is 0 Å². The highest BCUT2D eigenvalue weighted by atomic mass is 16.4. The number of benzene rings is 2. The third-order valence-electron chi connectivity index (χ3n) is 5.79. The first-order valence-corrected chi connectivity index (χ1v) is 9.90. The SMILES string of the molecule is CN(C)c1nc2cc(NC(=O)N3CCC(CN)(c4ccccc4)CC3)ccc2o1. The van der Waals surface area contributed by atoms with Gasteiger partial charge >= 0.3 is 6.03 Å². The maximum Gasteiger partial charge on any atom is 0.321 e. The van der Waals surface area contributed by atoms with Crippen LogP contribution in [0.15, 0.2) is 52.9 Å². The van der Waals surface area contributed by atoms with Crippen molar-refractivity contribution in [2.24, 2.45) is 5.73 Å². The average Bonchev–Trinajstić information content (AvgIpc) is 3.18. The number of hydrogen-bond donors (Lipinski definition) is 2. The summed E-state index contributed by atoms with van der Waals surface area (Å²) in [5.41, 5.74) is 9.48. The Labute approximate surface area is 170 Å². The zero-order valence-corrected chi connectivity index (χ0v) is 16.9. The van der Waals surface area contributed by atoms with E-state index in [2.05, 4.69) is 22.4 Å². The molecule has 0 unspecified atom stereocenters. The molecule has 29 heavy (non-hydrogen) atoms. The Bertz CT molecular complexity index is 991.